The standard InChI is InChI=1S/C13H13F3N2O3/c1-20-4-5-21-8-12(19)18-11-3-2-9(7-17)6-10(11)13(14,15)16/h2-3,6H,4-5,8H2,1H3,(H,18,19). The van der Waals surface area contributed by atoms with Crippen LogP contribution in [0.25, 0.3) is 0 Å². The summed E-state index contributed by atoms with van der Waals surface area (Å²) in [7, 11) is 1.45. The Balaban J connectivity index is 2.79. The van der Waals surface area contributed by atoms with Crippen LogP contribution < -0.4 is 5.32 Å². The SMILES string of the molecule is COCCOCC(=O)Nc1ccc(C#N)cc1C(F)(F)F. The van der Waals surface area contributed by atoms with E-state index in [1.54, 1.807) is 6.07 Å². The molecule has 0 atom stereocenters. The van der Waals surface area contributed by atoms with E-state index >= 15 is 0 Å². The number of nitriles is 1. The molecular weight excluding hydrogens is 289 g/mol. The van der Waals surface area contributed by atoms with Gasteiger partial charge in [0.25, 0.3) is 0 Å². The summed E-state index contributed by atoms with van der Waals surface area (Å²) >= 11 is 0. The Bertz CT molecular complexity index is 538. The van der Waals surface area contributed by atoms with Crippen molar-refractivity contribution in [2.45, 2.75) is 6.18 Å². The number of alkyl halides is 3. The smallest absolute Gasteiger partial charge is 0.382 e. The number of methoxy groups -OCH3 is 1. The lowest BCUT2D eigenvalue weighted by Gasteiger charge is -2.14. The zero-order chi connectivity index (χ0) is 15.9. The number of ether oxygens (including phenoxy) is 2. The first kappa shape index (κ1) is 16.9. The topological polar surface area (TPSA) is 71.3 Å². The molecule has 0 aromatic heterocycles. The Hall–Kier alpha value is -2.11. The number of hydrogen-bond acceptors (Lipinski definition) is 4. The van der Waals surface area contributed by atoms with Gasteiger partial charge in [-0.05, 0) is 18.2 Å². The van der Waals surface area contributed by atoms with E-state index in [2.05, 4.69) is 5.32 Å². The number of amides is 1. The summed E-state index contributed by atoms with van der Waals surface area (Å²) in [6.45, 7) is 0.0437. The first-order valence-electron chi connectivity index (χ1n) is 5.86. The van der Waals surface area contributed by atoms with E-state index in [4.69, 9.17) is 14.7 Å². The van der Waals surface area contributed by atoms with Gasteiger partial charge in [-0.25, -0.2) is 0 Å². The average molecular weight is 302 g/mol. The van der Waals surface area contributed by atoms with E-state index < -0.39 is 23.3 Å². The van der Waals surface area contributed by atoms with E-state index in [1.165, 1.54) is 13.2 Å². The van der Waals surface area contributed by atoms with Gasteiger partial charge in [-0.1, -0.05) is 0 Å². The van der Waals surface area contributed by atoms with Crippen LogP contribution in [0.1, 0.15) is 11.1 Å². The maximum Gasteiger partial charge on any atom is 0.418 e. The van der Waals surface area contributed by atoms with Crippen molar-refractivity contribution in [1.29, 1.82) is 5.26 Å². The highest BCUT2D eigenvalue weighted by molar-refractivity contribution is 5.92. The molecule has 0 radical (unpaired) electrons. The van der Waals surface area contributed by atoms with Crippen molar-refractivity contribution in [3.63, 3.8) is 0 Å². The third-order valence-electron chi connectivity index (χ3n) is 2.39. The molecule has 0 saturated carbocycles. The van der Waals surface area contributed by atoms with E-state index in [9.17, 15) is 18.0 Å². The van der Waals surface area contributed by atoms with Crippen LogP contribution in [-0.4, -0.2) is 32.8 Å². The average Bonchev–Trinajstić information content (AvgIpc) is 2.43. The first-order valence-corrected chi connectivity index (χ1v) is 5.86. The summed E-state index contributed by atoms with van der Waals surface area (Å²) in [6, 6.07) is 4.53. The monoisotopic (exact) mass is 302 g/mol. The van der Waals surface area contributed by atoms with Crippen molar-refractivity contribution >= 4 is 11.6 Å². The lowest BCUT2D eigenvalue weighted by molar-refractivity contribution is -0.137. The minimum Gasteiger partial charge on any atom is -0.382 e. The highest BCUT2D eigenvalue weighted by Crippen LogP contribution is 2.35. The van der Waals surface area contributed by atoms with Crippen molar-refractivity contribution < 1.29 is 27.4 Å². The van der Waals surface area contributed by atoms with Gasteiger partial charge in [-0.2, -0.15) is 18.4 Å². The second kappa shape index (κ2) is 7.61. The highest BCUT2D eigenvalue weighted by Gasteiger charge is 2.34. The molecule has 0 heterocycles. The molecule has 8 heteroatoms. The summed E-state index contributed by atoms with van der Waals surface area (Å²) < 4.78 is 48.2. The molecule has 0 bridgehead atoms. The summed E-state index contributed by atoms with van der Waals surface area (Å²) in [4.78, 5) is 11.5. The van der Waals surface area contributed by atoms with Crippen LogP contribution in [0.5, 0.6) is 0 Å². The van der Waals surface area contributed by atoms with Gasteiger partial charge in [0, 0.05) is 7.11 Å². The van der Waals surface area contributed by atoms with E-state index in [-0.39, 0.29) is 25.4 Å². The molecule has 1 rings (SSSR count). The van der Waals surface area contributed by atoms with Gasteiger partial charge in [0.05, 0.1) is 36.1 Å². The molecule has 1 aromatic rings. The van der Waals surface area contributed by atoms with Crippen molar-refractivity contribution in [3.8, 4) is 6.07 Å². The second-order valence-electron chi connectivity index (χ2n) is 3.96. The molecular formula is C13H13F3N2O3. The molecule has 0 fully saturated rings. The number of hydrogen-bond donors (Lipinski definition) is 1. The summed E-state index contributed by atoms with van der Waals surface area (Å²) in [5.74, 6) is -0.721. The third kappa shape index (κ3) is 5.41. The van der Waals surface area contributed by atoms with Crippen LogP contribution in [0.4, 0.5) is 18.9 Å². The summed E-state index contributed by atoms with van der Waals surface area (Å²) in [5.41, 5.74) is -1.63. The van der Waals surface area contributed by atoms with Crippen LogP contribution in [0, 0.1) is 11.3 Å². The van der Waals surface area contributed by atoms with Crippen molar-refractivity contribution in [1.82, 2.24) is 0 Å². The number of carbonyl (C=O) groups is 1. The number of anilines is 1. The number of carbonyl (C=O) groups excluding carboxylic acids is 1. The van der Waals surface area contributed by atoms with Crippen molar-refractivity contribution in [2.24, 2.45) is 0 Å². The molecule has 1 amide bonds. The minimum absolute atomic E-state index is 0.142. The van der Waals surface area contributed by atoms with Crippen molar-refractivity contribution in [2.75, 3.05) is 32.2 Å². The Labute approximate surface area is 119 Å². The molecule has 0 aliphatic rings. The highest BCUT2D eigenvalue weighted by atomic mass is 19.4. The maximum atomic E-state index is 12.9. The molecule has 1 N–H and O–H groups in total. The van der Waals surface area contributed by atoms with E-state index in [0.717, 1.165) is 6.07 Å². The van der Waals surface area contributed by atoms with Gasteiger partial charge in [0.15, 0.2) is 0 Å². The molecule has 1 aromatic carbocycles. The van der Waals surface area contributed by atoms with Crippen LogP contribution in [0.15, 0.2) is 18.2 Å². The second-order valence-corrected chi connectivity index (χ2v) is 3.96. The zero-order valence-electron chi connectivity index (χ0n) is 11.2. The molecule has 21 heavy (non-hydrogen) atoms. The van der Waals surface area contributed by atoms with Gasteiger partial charge in [0.1, 0.15) is 6.61 Å². The molecule has 0 saturated heterocycles. The molecule has 0 spiro atoms. The predicted molar refractivity (Wildman–Crippen MR) is 67.5 cm³/mol. The Morgan fingerprint density at radius 1 is 1.38 bits per heavy atom. The lowest BCUT2D eigenvalue weighted by atomic mass is 10.1. The number of halogens is 3. The normalized spacial score (nSPS) is 11.0. The number of benzene rings is 1. The minimum atomic E-state index is -4.67. The Morgan fingerprint density at radius 3 is 2.67 bits per heavy atom. The summed E-state index contributed by atoms with van der Waals surface area (Å²) in [5, 5.41) is 10.7. The van der Waals surface area contributed by atoms with E-state index in [1.807, 2.05) is 0 Å². The molecule has 0 aliphatic carbocycles. The van der Waals surface area contributed by atoms with Gasteiger partial charge >= 0.3 is 6.18 Å². The van der Waals surface area contributed by atoms with Crippen molar-refractivity contribution in [3.05, 3.63) is 29.3 Å². The first-order chi connectivity index (χ1) is 9.88. The van der Waals surface area contributed by atoms with Crippen LogP contribution >= 0.6 is 0 Å². The third-order valence-corrected chi connectivity index (χ3v) is 2.39. The molecule has 5 nitrogen and oxygen atoms in total. The fourth-order valence-electron chi connectivity index (χ4n) is 1.45. The van der Waals surface area contributed by atoms with E-state index in [0.29, 0.717) is 6.07 Å². The molecule has 0 unspecified atom stereocenters. The van der Waals surface area contributed by atoms with Crippen LogP contribution in [-0.2, 0) is 20.4 Å². The maximum absolute atomic E-state index is 12.9. The van der Waals surface area contributed by atoms with Gasteiger partial charge < -0.3 is 14.8 Å². The molecule has 114 valence electrons. The number of rotatable bonds is 6. The fraction of sp³-hybridized carbons (Fsp3) is 0.385. The summed E-state index contributed by atoms with van der Waals surface area (Å²) in [6.07, 6.45) is -4.67. The van der Waals surface area contributed by atoms with Crippen LogP contribution in [0.2, 0.25) is 0 Å². The van der Waals surface area contributed by atoms with Crippen LogP contribution in [0.3, 0.4) is 0 Å². The predicted octanol–water partition coefficient (Wildman–Crippen LogP) is 2.18. The Morgan fingerprint density at radius 2 is 2.10 bits per heavy atom. The van der Waals surface area contributed by atoms with Gasteiger partial charge in [-0.3, -0.25) is 4.79 Å². The van der Waals surface area contributed by atoms with Gasteiger partial charge in [0.2, 0.25) is 5.91 Å². The molecule has 0 aliphatic heterocycles. The Kier molecular flexibility index (Phi) is 6.14. The fourth-order valence-corrected chi connectivity index (χ4v) is 1.45. The largest absolute Gasteiger partial charge is 0.418 e. The zero-order valence-corrected chi connectivity index (χ0v) is 11.2. The lowest BCUT2D eigenvalue weighted by Crippen LogP contribution is -2.22. The van der Waals surface area contributed by atoms with Gasteiger partial charge in [-0.15, -0.1) is 0 Å². The number of nitrogens with one attached hydrogen (secondary N) is 1. The number of nitrogens with zero attached hydrogens (tertiary/aromatic N) is 1. The quantitative estimate of drug-likeness (QED) is 0.818.